The summed E-state index contributed by atoms with van der Waals surface area (Å²) in [7, 11) is 0. The molecule has 1 aliphatic carbocycles. The van der Waals surface area contributed by atoms with Gasteiger partial charge in [-0.05, 0) is 69.7 Å². The van der Waals surface area contributed by atoms with E-state index in [2.05, 4.69) is 57.7 Å². The molecule has 0 radical (unpaired) electrons. The Kier molecular flexibility index (Phi) is 6.22. The number of anilines is 2. The van der Waals surface area contributed by atoms with Crippen LogP contribution < -0.4 is 15.5 Å². The Labute approximate surface area is 231 Å². The van der Waals surface area contributed by atoms with Gasteiger partial charge >= 0.3 is 0 Å². The maximum absolute atomic E-state index is 11.9. The van der Waals surface area contributed by atoms with Crippen LogP contribution in [0.5, 0.6) is 0 Å². The van der Waals surface area contributed by atoms with Crippen molar-refractivity contribution in [3.8, 4) is 28.0 Å². The van der Waals surface area contributed by atoms with Crippen molar-refractivity contribution in [2.45, 2.75) is 52.1 Å². The van der Waals surface area contributed by atoms with E-state index in [9.17, 15) is 10.1 Å². The second-order valence-electron chi connectivity index (χ2n) is 11.1. The Balaban J connectivity index is 1.30. The summed E-state index contributed by atoms with van der Waals surface area (Å²) < 4.78 is 1.80. The molecule has 2 fully saturated rings. The van der Waals surface area contributed by atoms with Crippen molar-refractivity contribution in [3.05, 3.63) is 42.2 Å². The molecule has 1 saturated heterocycles. The minimum absolute atomic E-state index is 0.0398. The van der Waals surface area contributed by atoms with Gasteiger partial charge in [0.15, 0.2) is 5.01 Å². The molecule has 4 aromatic rings. The Morgan fingerprint density at radius 1 is 1.18 bits per heavy atom. The van der Waals surface area contributed by atoms with Crippen molar-refractivity contribution >= 4 is 33.6 Å². The molecule has 11 heteroatoms. The normalized spacial score (nSPS) is 22.3. The zero-order valence-corrected chi connectivity index (χ0v) is 23.3. The summed E-state index contributed by atoms with van der Waals surface area (Å²) in [5.74, 6) is 0.820. The van der Waals surface area contributed by atoms with Crippen molar-refractivity contribution in [1.29, 1.82) is 5.26 Å². The molecule has 2 bridgehead atoms. The van der Waals surface area contributed by atoms with E-state index in [1.54, 1.807) is 29.0 Å². The maximum atomic E-state index is 11.9. The highest BCUT2D eigenvalue weighted by molar-refractivity contribution is 7.18. The molecule has 200 valence electrons. The van der Waals surface area contributed by atoms with E-state index in [0.29, 0.717) is 17.4 Å². The van der Waals surface area contributed by atoms with Crippen LogP contribution in [0.3, 0.4) is 0 Å². The maximum Gasteiger partial charge on any atom is 0.217 e. The summed E-state index contributed by atoms with van der Waals surface area (Å²) in [4.78, 5) is 19.0. The quantitative estimate of drug-likeness (QED) is 0.369. The van der Waals surface area contributed by atoms with Gasteiger partial charge in [-0.15, -0.1) is 10.2 Å². The average molecular weight is 542 g/mol. The van der Waals surface area contributed by atoms with Gasteiger partial charge in [-0.1, -0.05) is 11.3 Å². The molecule has 1 saturated carbocycles. The van der Waals surface area contributed by atoms with Crippen LogP contribution in [0.4, 0.5) is 10.8 Å². The van der Waals surface area contributed by atoms with E-state index in [1.807, 2.05) is 30.5 Å². The van der Waals surface area contributed by atoms with Gasteiger partial charge in [-0.2, -0.15) is 10.4 Å². The van der Waals surface area contributed by atoms with Crippen molar-refractivity contribution < 1.29 is 4.79 Å². The highest BCUT2D eigenvalue weighted by Gasteiger charge is 2.51. The average Bonchev–Trinajstić information content (AvgIpc) is 3.57. The summed E-state index contributed by atoms with van der Waals surface area (Å²) in [6.07, 6.45) is 5.63. The number of fused-ring (bicyclic) bond motifs is 3. The molecule has 0 unspecified atom stereocenters. The number of hydrogen-bond donors (Lipinski definition) is 2. The third kappa shape index (κ3) is 4.48. The van der Waals surface area contributed by atoms with Crippen LogP contribution in [0.15, 0.2) is 36.7 Å². The molecule has 10 nitrogen and oxygen atoms in total. The molecule has 2 N–H and O–H groups in total. The first kappa shape index (κ1) is 25.2. The van der Waals surface area contributed by atoms with Crippen LogP contribution in [-0.4, -0.2) is 55.4 Å². The molecular formula is C28H31N9OS. The second-order valence-corrected chi connectivity index (χ2v) is 12.0. The van der Waals surface area contributed by atoms with Crippen molar-refractivity contribution in [2.24, 2.45) is 11.8 Å². The van der Waals surface area contributed by atoms with Gasteiger partial charge in [0.1, 0.15) is 6.07 Å². The lowest BCUT2D eigenvalue weighted by atomic mass is 9.78. The number of nitrogens with zero attached hydrogens (tertiary/aromatic N) is 7. The molecular weight excluding hydrogens is 510 g/mol. The third-order valence-electron chi connectivity index (χ3n) is 8.04. The predicted octanol–water partition coefficient (Wildman–Crippen LogP) is 4.35. The monoisotopic (exact) mass is 541 g/mol. The highest BCUT2D eigenvalue weighted by Crippen LogP contribution is 2.47. The summed E-state index contributed by atoms with van der Waals surface area (Å²) in [6.45, 7) is 9.72. The van der Waals surface area contributed by atoms with E-state index in [0.717, 1.165) is 64.2 Å². The van der Waals surface area contributed by atoms with E-state index in [-0.39, 0.29) is 17.5 Å². The number of hydrogen-bond acceptors (Lipinski definition) is 9. The second kappa shape index (κ2) is 9.61. The Bertz CT molecular complexity index is 1590. The smallest absolute Gasteiger partial charge is 0.217 e. The number of rotatable bonds is 6. The third-order valence-corrected chi connectivity index (χ3v) is 9.06. The molecule has 3 atom stereocenters. The highest BCUT2D eigenvalue weighted by atomic mass is 32.1. The number of pyridine rings is 1. The minimum Gasteiger partial charge on any atom is -0.382 e. The van der Waals surface area contributed by atoms with Crippen LogP contribution in [0, 0.1) is 23.2 Å². The Morgan fingerprint density at radius 2 is 1.95 bits per heavy atom. The van der Waals surface area contributed by atoms with Crippen LogP contribution in [0.2, 0.25) is 0 Å². The molecule has 6 rings (SSSR count). The molecule has 39 heavy (non-hydrogen) atoms. The Morgan fingerprint density at radius 3 is 2.64 bits per heavy atom. The first-order valence-electron chi connectivity index (χ1n) is 13.3. The first-order valence-corrected chi connectivity index (χ1v) is 14.1. The summed E-state index contributed by atoms with van der Waals surface area (Å²) in [5, 5.41) is 31.3. The molecule has 0 spiro atoms. The fourth-order valence-electron chi connectivity index (χ4n) is 6.15. The molecule has 4 aromatic heterocycles. The van der Waals surface area contributed by atoms with Gasteiger partial charge in [0, 0.05) is 43.5 Å². The molecule has 2 aliphatic rings. The summed E-state index contributed by atoms with van der Waals surface area (Å²) in [6, 6.07) is 10.1. The van der Waals surface area contributed by atoms with Gasteiger partial charge in [0.05, 0.1) is 34.2 Å². The van der Waals surface area contributed by atoms with Gasteiger partial charge in [-0.3, -0.25) is 9.78 Å². The van der Waals surface area contributed by atoms with Gasteiger partial charge in [0.25, 0.3) is 0 Å². The molecule has 1 amide bonds. The number of aromatic nitrogens is 5. The topological polar surface area (TPSA) is 124 Å². The fourth-order valence-corrected chi connectivity index (χ4v) is 7.03. The van der Waals surface area contributed by atoms with Crippen LogP contribution in [-0.2, 0) is 4.79 Å². The van der Waals surface area contributed by atoms with E-state index >= 15 is 0 Å². The van der Waals surface area contributed by atoms with E-state index in [1.165, 1.54) is 0 Å². The number of carbonyl (C=O) groups is 1. The number of carbonyl (C=O) groups excluding carboxylic acids is 1. The zero-order chi connectivity index (χ0) is 27.3. The fraction of sp³-hybridized carbons (Fsp3) is 0.429. The lowest BCUT2D eigenvalue weighted by Crippen LogP contribution is -2.61. The summed E-state index contributed by atoms with van der Waals surface area (Å²) >= 11 is 1.58. The van der Waals surface area contributed by atoms with E-state index < -0.39 is 0 Å². The minimum atomic E-state index is -0.155. The van der Waals surface area contributed by atoms with Crippen molar-refractivity contribution in [3.63, 3.8) is 0 Å². The van der Waals surface area contributed by atoms with Crippen LogP contribution >= 0.6 is 11.3 Å². The van der Waals surface area contributed by atoms with Crippen molar-refractivity contribution in [2.75, 3.05) is 23.3 Å². The number of piperidine rings is 1. The van der Waals surface area contributed by atoms with Gasteiger partial charge in [-0.25, -0.2) is 4.52 Å². The predicted molar refractivity (Wildman–Crippen MR) is 151 cm³/mol. The van der Waals surface area contributed by atoms with Crippen molar-refractivity contribution in [1.82, 2.24) is 30.1 Å². The number of nitrogens with one attached hydrogen (secondary N) is 2. The SMILES string of the molecule is CC(=O)N[C@]1(C)[C@@H]2CC[C@H]1CN(c1nnc(-c3cnc(-c4ccc5cc(C#N)cnn45)cc3NC(C)C)s1)C2. The number of nitriles is 1. The number of amides is 1. The summed E-state index contributed by atoms with van der Waals surface area (Å²) in [5.41, 5.74) is 4.65. The standard InChI is InChI=1S/C28H31N9OS/c1-16(2)32-23-10-24(25-8-7-21-9-18(11-29)12-31-37(21)25)30-13-22(23)26-34-35-27(39-26)36-14-19-5-6-20(15-36)28(19,4)33-17(3)38/h7-10,12-13,16,19-20H,5-6,14-15H2,1-4H3,(H,30,32)(H,33,38)/t19-,20+,28-. The first-order chi connectivity index (χ1) is 18.7. The van der Waals surface area contributed by atoms with Gasteiger partial charge < -0.3 is 15.5 Å². The lowest BCUT2D eigenvalue weighted by molar-refractivity contribution is -0.121. The van der Waals surface area contributed by atoms with Crippen LogP contribution in [0.25, 0.3) is 27.5 Å². The van der Waals surface area contributed by atoms with Gasteiger partial charge in [0.2, 0.25) is 11.0 Å². The Hall–Kier alpha value is -4.04. The molecule has 1 aliphatic heterocycles. The molecule has 0 aromatic carbocycles. The van der Waals surface area contributed by atoms with Crippen LogP contribution in [0.1, 0.15) is 46.1 Å². The van der Waals surface area contributed by atoms with E-state index in [4.69, 9.17) is 4.98 Å². The zero-order valence-electron chi connectivity index (χ0n) is 22.5. The largest absolute Gasteiger partial charge is 0.382 e. The molecule has 5 heterocycles. The lowest BCUT2D eigenvalue weighted by Gasteiger charge is -2.45.